The molecule has 0 saturated carbocycles. The minimum absolute atomic E-state index is 0.411. The summed E-state index contributed by atoms with van der Waals surface area (Å²) in [7, 11) is 1.32. The Morgan fingerprint density at radius 3 is 2.57 bits per heavy atom. The van der Waals surface area contributed by atoms with Crippen molar-refractivity contribution in [1.29, 1.82) is 0 Å². The molecular formula is C10H12N2O2. The fraction of sp³-hybridized carbons (Fsp3) is 0.100. The van der Waals surface area contributed by atoms with Crippen molar-refractivity contribution >= 4 is 18.4 Å². The topological polar surface area (TPSA) is 78.3 Å². The van der Waals surface area contributed by atoms with Crippen LogP contribution in [0.25, 0.3) is 12.4 Å². The van der Waals surface area contributed by atoms with Gasteiger partial charge < -0.3 is 16.2 Å². The molecule has 0 saturated heterocycles. The SMILES string of the molecule is COC(=O)c1cccc(=C/N)/c1=C\N. The lowest BCUT2D eigenvalue weighted by Crippen LogP contribution is -2.33. The quantitative estimate of drug-likeness (QED) is 0.552. The summed E-state index contributed by atoms with van der Waals surface area (Å²) in [6.07, 6.45) is 2.73. The summed E-state index contributed by atoms with van der Waals surface area (Å²) in [5, 5.41) is 1.29. The molecule has 0 amide bonds. The van der Waals surface area contributed by atoms with Gasteiger partial charge in [0.1, 0.15) is 0 Å². The summed E-state index contributed by atoms with van der Waals surface area (Å²) in [5.74, 6) is -0.426. The Morgan fingerprint density at radius 1 is 1.36 bits per heavy atom. The highest BCUT2D eigenvalue weighted by molar-refractivity contribution is 5.89. The van der Waals surface area contributed by atoms with Crippen molar-refractivity contribution in [2.24, 2.45) is 11.5 Å². The fourth-order valence-corrected chi connectivity index (χ4v) is 1.20. The highest BCUT2D eigenvalue weighted by atomic mass is 16.5. The van der Waals surface area contributed by atoms with Gasteiger partial charge in [-0.05, 0) is 11.3 Å². The van der Waals surface area contributed by atoms with Crippen LogP contribution in [-0.2, 0) is 4.74 Å². The summed E-state index contributed by atoms with van der Waals surface area (Å²) in [6.45, 7) is 0. The van der Waals surface area contributed by atoms with E-state index >= 15 is 0 Å². The molecular weight excluding hydrogens is 180 g/mol. The van der Waals surface area contributed by atoms with E-state index < -0.39 is 5.97 Å². The van der Waals surface area contributed by atoms with Crippen LogP contribution in [0.2, 0.25) is 0 Å². The molecule has 0 fully saturated rings. The van der Waals surface area contributed by atoms with E-state index in [9.17, 15) is 4.79 Å². The number of benzene rings is 1. The van der Waals surface area contributed by atoms with Gasteiger partial charge in [0.2, 0.25) is 0 Å². The van der Waals surface area contributed by atoms with Gasteiger partial charge >= 0.3 is 5.97 Å². The van der Waals surface area contributed by atoms with Gasteiger partial charge in [-0.3, -0.25) is 0 Å². The van der Waals surface area contributed by atoms with Crippen LogP contribution in [0.1, 0.15) is 10.4 Å². The molecule has 0 aliphatic heterocycles. The van der Waals surface area contributed by atoms with Gasteiger partial charge in [0.25, 0.3) is 0 Å². The first kappa shape index (κ1) is 10.1. The van der Waals surface area contributed by atoms with Crippen LogP contribution in [0.15, 0.2) is 18.2 Å². The molecule has 0 radical (unpaired) electrons. The summed E-state index contributed by atoms with van der Waals surface area (Å²) in [6, 6.07) is 5.13. The maximum Gasteiger partial charge on any atom is 0.338 e. The molecule has 0 heterocycles. The largest absolute Gasteiger partial charge is 0.465 e. The molecule has 1 rings (SSSR count). The van der Waals surface area contributed by atoms with Gasteiger partial charge in [0, 0.05) is 17.6 Å². The van der Waals surface area contributed by atoms with Crippen LogP contribution in [0, 0.1) is 0 Å². The number of carbonyl (C=O) groups excluding carboxylic acids is 1. The van der Waals surface area contributed by atoms with Crippen LogP contribution < -0.4 is 21.9 Å². The predicted molar refractivity (Wildman–Crippen MR) is 54.3 cm³/mol. The Balaban J connectivity index is 3.55. The molecule has 4 heteroatoms. The summed E-state index contributed by atoms with van der Waals surface area (Å²) >= 11 is 0. The van der Waals surface area contributed by atoms with Crippen molar-refractivity contribution in [3.8, 4) is 0 Å². The minimum Gasteiger partial charge on any atom is -0.465 e. The first-order valence-electron chi connectivity index (χ1n) is 4.05. The summed E-state index contributed by atoms with van der Waals surface area (Å²) in [5.41, 5.74) is 11.2. The molecule has 0 aromatic heterocycles. The number of carbonyl (C=O) groups is 1. The van der Waals surface area contributed by atoms with Gasteiger partial charge in [0.15, 0.2) is 0 Å². The van der Waals surface area contributed by atoms with E-state index in [0.717, 1.165) is 0 Å². The summed E-state index contributed by atoms with van der Waals surface area (Å²) in [4.78, 5) is 11.3. The smallest absolute Gasteiger partial charge is 0.338 e. The number of nitrogens with two attached hydrogens (primary N) is 2. The Hall–Kier alpha value is -1.97. The number of esters is 1. The molecule has 0 aliphatic rings. The Labute approximate surface area is 81.5 Å². The van der Waals surface area contributed by atoms with Crippen LogP contribution in [-0.4, -0.2) is 13.1 Å². The Bertz CT molecular complexity index is 452. The average Bonchev–Trinajstić information content (AvgIpc) is 2.26. The Kier molecular flexibility index (Phi) is 3.12. The van der Waals surface area contributed by atoms with E-state index in [1.807, 2.05) is 0 Å². The third-order valence-electron chi connectivity index (χ3n) is 1.89. The molecule has 0 spiro atoms. The fourth-order valence-electron chi connectivity index (χ4n) is 1.20. The molecule has 0 aliphatic carbocycles. The minimum atomic E-state index is -0.426. The normalized spacial score (nSPS) is 12.9. The van der Waals surface area contributed by atoms with Crippen molar-refractivity contribution in [1.82, 2.24) is 0 Å². The second-order valence-corrected chi connectivity index (χ2v) is 2.63. The maximum atomic E-state index is 11.3. The zero-order valence-corrected chi connectivity index (χ0v) is 7.86. The third-order valence-corrected chi connectivity index (χ3v) is 1.89. The van der Waals surface area contributed by atoms with Crippen LogP contribution in [0.5, 0.6) is 0 Å². The molecule has 4 N–H and O–H groups in total. The van der Waals surface area contributed by atoms with Gasteiger partial charge in [-0.15, -0.1) is 0 Å². The predicted octanol–water partition coefficient (Wildman–Crippen LogP) is -1.13. The van der Waals surface area contributed by atoms with Gasteiger partial charge in [-0.25, -0.2) is 4.79 Å². The molecule has 0 bridgehead atoms. The molecule has 1 aromatic carbocycles. The molecule has 4 nitrogen and oxygen atoms in total. The molecule has 74 valence electrons. The van der Waals surface area contributed by atoms with Crippen LogP contribution >= 0.6 is 0 Å². The van der Waals surface area contributed by atoms with Crippen molar-refractivity contribution in [3.05, 3.63) is 34.2 Å². The number of hydrogen-bond acceptors (Lipinski definition) is 4. The lowest BCUT2D eigenvalue weighted by atomic mass is 10.1. The average molecular weight is 192 g/mol. The number of methoxy groups -OCH3 is 1. The molecule has 1 aromatic rings. The first-order chi connectivity index (χ1) is 6.74. The second-order valence-electron chi connectivity index (χ2n) is 2.63. The van der Waals surface area contributed by atoms with E-state index in [1.54, 1.807) is 18.2 Å². The van der Waals surface area contributed by atoms with E-state index in [2.05, 4.69) is 4.74 Å². The lowest BCUT2D eigenvalue weighted by molar-refractivity contribution is 0.0599. The molecule has 0 atom stereocenters. The lowest BCUT2D eigenvalue weighted by Gasteiger charge is -2.00. The monoisotopic (exact) mass is 192 g/mol. The van der Waals surface area contributed by atoms with E-state index in [4.69, 9.17) is 11.5 Å². The van der Waals surface area contributed by atoms with Gasteiger partial charge in [-0.1, -0.05) is 12.1 Å². The standard InChI is InChI=1S/C10H12N2O2/c1-14-10(13)8-4-2-3-7(5-11)9(8)6-12/h2-6H,11-12H2,1H3/b7-5-,9-6+. The van der Waals surface area contributed by atoms with Crippen molar-refractivity contribution in [2.45, 2.75) is 0 Å². The third kappa shape index (κ3) is 1.69. The van der Waals surface area contributed by atoms with Gasteiger partial charge in [-0.2, -0.15) is 0 Å². The first-order valence-corrected chi connectivity index (χ1v) is 4.05. The molecule has 0 unspecified atom stereocenters. The maximum absolute atomic E-state index is 11.3. The van der Waals surface area contributed by atoms with E-state index in [-0.39, 0.29) is 0 Å². The van der Waals surface area contributed by atoms with Crippen molar-refractivity contribution in [2.75, 3.05) is 7.11 Å². The number of hydrogen-bond donors (Lipinski definition) is 2. The number of ether oxygens (including phenoxy) is 1. The van der Waals surface area contributed by atoms with Crippen molar-refractivity contribution < 1.29 is 9.53 Å². The van der Waals surface area contributed by atoms with Gasteiger partial charge in [0.05, 0.1) is 12.7 Å². The Morgan fingerprint density at radius 2 is 2.07 bits per heavy atom. The highest BCUT2D eigenvalue weighted by Crippen LogP contribution is 1.90. The highest BCUT2D eigenvalue weighted by Gasteiger charge is 2.06. The molecule has 14 heavy (non-hydrogen) atoms. The zero-order valence-electron chi connectivity index (χ0n) is 7.86. The van der Waals surface area contributed by atoms with Crippen LogP contribution in [0.4, 0.5) is 0 Å². The van der Waals surface area contributed by atoms with E-state index in [0.29, 0.717) is 16.0 Å². The second kappa shape index (κ2) is 4.32. The summed E-state index contributed by atoms with van der Waals surface area (Å²) < 4.78 is 4.61. The zero-order chi connectivity index (χ0) is 10.6. The van der Waals surface area contributed by atoms with Crippen LogP contribution in [0.3, 0.4) is 0 Å². The van der Waals surface area contributed by atoms with E-state index in [1.165, 1.54) is 19.5 Å². The van der Waals surface area contributed by atoms with Crippen molar-refractivity contribution in [3.63, 3.8) is 0 Å². The number of rotatable bonds is 1.